The number of nitrogens with zero attached hydrogens (tertiary/aromatic N) is 5. The van der Waals surface area contributed by atoms with Gasteiger partial charge in [-0.1, -0.05) is 52.6 Å². The van der Waals surface area contributed by atoms with Crippen LogP contribution in [0.2, 0.25) is 10.0 Å². The molecule has 9 nitrogen and oxygen atoms in total. The van der Waals surface area contributed by atoms with Gasteiger partial charge >= 0.3 is 5.97 Å². The highest BCUT2D eigenvalue weighted by molar-refractivity contribution is 6.32. The monoisotopic (exact) mass is 539 g/mol. The van der Waals surface area contributed by atoms with Crippen molar-refractivity contribution >= 4 is 35.1 Å². The lowest BCUT2D eigenvalue weighted by Gasteiger charge is -2.30. The Morgan fingerprint density at radius 2 is 1.78 bits per heavy atom. The standard InChI is InChI=1S/C26H23Cl2N5O4/c1-15-29-25(37-31-15)17-10-12-32(13-11-17)26(36)23-19(14-22(34)35)24(16-6-8-18(27)9-7-16)33(30-23)21-5-3-2-4-20(21)28/h2-9,17H,10-14H2,1H3,(H,34,35). The number of halogens is 2. The van der Waals surface area contributed by atoms with Crippen LogP contribution >= 0.6 is 23.2 Å². The minimum Gasteiger partial charge on any atom is -0.481 e. The maximum Gasteiger partial charge on any atom is 0.307 e. The molecule has 0 bridgehead atoms. The summed E-state index contributed by atoms with van der Waals surface area (Å²) in [5, 5.41) is 19.2. The summed E-state index contributed by atoms with van der Waals surface area (Å²) in [7, 11) is 0. The highest BCUT2D eigenvalue weighted by Gasteiger charge is 2.33. The number of likely N-dealkylation sites (tertiary alicyclic amines) is 1. The van der Waals surface area contributed by atoms with Gasteiger partial charge in [0.15, 0.2) is 11.5 Å². The van der Waals surface area contributed by atoms with E-state index in [1.165, 1.54) is 0 Å². The minimum atomic E-state index is -1.08. The van der Waals surface area contributed by atoms with Crippen LogP contribution in [0.4, 0.5) is 0 Å². The third-order valence-corrected chi connectivity index (χ3v) is 6.96. The zero-order valence-corrected chi connectivity index (χ0v) is 21.4. The zero-order valence-electron chi connectivity index (χ0n) is 19.9. The van der Waals surface area contributed by atoms with Crippen molar-refractivity contribution in [3.05, 3.63) is 81.5 Å². The summed E-state index contributed by atoms with van der Waals surface area (Å²) in [6.45, 7) is 2.67. The van der Waals surface area contributed by atoms with Crippen LogP contribution in [0.25, 0.3) is 16.9 Å². The van der Waals surface area contributed by atoms with Gasteiger partial charge in [-0.15, -0.1) is 0 Å². The van der Waals surface area contributed by atoms with Gasteiger partial charge in [0.1, 0.15) is 0 Å². The van der Waals surface area contributed by atoms with Crippen LogP contribution in [-0.2, 0) is 11.2 Å². The summed E-state index contributed by atoms with van der Waals surface area (Å²) in [5.74, 6) is -0.198. The molecule has 2 aromatic carbocycles. The summed E-state index contributed by atoms with van der Waals surface area (Å²) in [5.41, 5.74) is 2.07. The Kier molecular flexibility index (Phi) is 6.99. The molecule has 1 N–H and O–H groups in total. The molecule has 0 spiro atoms. The molecular formula is C26H23Cl2N5O4. The third kappa shape index (κ3) is 5.10. The Morgan fingerprint density at radius 1 is 1.08 bits per heavy atom. The molecule has 190 valence electrons. The molecule has 4 aromatic rings. The summed E-state index contributed by atoms with van der Waals surface area (Å²) < 4.78 is 6.86. The second-order valence-electron chi connectivity index (χ2n) is 8.86. The fraction of sp³-hybridized carbons (Fsp3) is 0.269. The third-order valence-electron chi connectivity index (χ3n) is 6.39. The lowest BCUT2D eigenvalue weighted by Crippen LogP contribution is -2.38. The van der Waals surface area contributed by atoms with E-state index in [9.17, 15) is 14.7 Å². The molecule has 1 amide bonds. The molecule has 11 heteroatoms. The van der Waals surface area contributed by atoms with Crippen LogP contribution in [0.15, 0.2) is 53.1 Å². The van der Waals surface area contributed by atoms with Crippen molar-refractivity contribution in [1.29, 1.82) is 0 Å². The Morgan fingerprint density at radius 3 is 2.41 bits per heavy atom. The SMILES string of the molecule is Cc1noc(C2CCN(C(=O)c3nn(-c4ccccc4Cl)c(-c4ccc(Cl)cc4)c3CC(=O)O)CC2)n1. The van der Waals surface area contributed by atoms with E-state index in [-0.39, 0.29) is 23.9 Å². The quantitative estimate of drug-likeness (QED) is 0.358. The molecule has 3 heterocycles. The number of hydrogen-bond donors (Lipinski definition) is 1. The van der Waals surface area contributed by atoms with Crippen molar-refractivity contribution in [3.63, 3.8) is 0 Å². The van der Waals surface area contributed by atoms with Crippen LogP contribution in [0.1, 0.15) is 46.5 Å². The lowest BCUT2D eigenvalue weighted by atomic mass is 9.96. The van der Waals surface area contributed by atoms with Crippen molar-refractivity contribution in [1.82, 2.24) is 24.8 Å². The van der Waals surface area contributed by atoms with E-state index in [1.54, 1.807) is 65.0 Å². The van der Waals surface area contributed by atoms with Gasteiger partial charge in [0.05, 0.1) is 22.8 Å². The number of aliphatic carboxylic acids is 1. The first kappa shape index (κ1) is 25.0. The van der Waals surface area contributed by atoms with Gasteiger partial charge in [0, 0.05) is 35.2 Å². The number of rotatable bonds is 6. The molecule has 1 saturated heterocycles. The van der Waals surface area contributed by atoms with Crippen molar-refractivity contribution in [3.8, 4) is 16.9 Å². The molecule has 1 fully saturated rings. The number of amides is 1. The molecule has 0 unspecified atom stereocenters. The number of para-hydroxylation sites is 1. The van der Waals surface area contributed by atoms with Gasteiger partial charge < -0.3 is 14.5 Å². The molecule has 0 aliphatic carbocycles. The molecule has 0 saturated carbocycles. The van der Waals surface area contributed by atoms with Crippen molar-refractivity contribution in [2.45, 2.75) is 32.1 Å². The summed E-state index contributed by atoms with van der Waals surface area (Å²) in [4.78, 5) is 31.7. The predicted molar refractivity (Wildman–Crippen MR) is 137 cm³/mol. The Hall–Kier alpha value is -3.69. The Labute approximate surface area is 222 Å². The number of carbonyl (C=O) groups is 2. The Balaban J connectivity index is 1.56. The molecule has 1 aliphatic heterocycles. The number of piperidine rings is 1. The second-order valence-corrected chi connectivity index (χ2v) is 9.71. The molecular weight excluding hydrogens is 517 g/mol. The molecule has 5 rings (SSSR count). The van der Waals surface area contributed by atoms with Gasteiger partial charge in [0.2, 0.25) is 5.89 Å². The number of carboxylic acid groups (broad SMARTS) is 1. The van der Waals surface area contributed by atoms with E-state index >= 15 is 0 Å². The maximum atomic E-state index is 13.8. The van der Waals surface area contributed by atoms with Crippen molar-refractivity contribution in [2.75, 3.05) is 13.1 Å². The van der Waals surface area contributed by atoms with E-state index in [0.29, 0.717) is 70.2 Å². The minimum absolute atomic E-state index is 0.0639. The van der Waals surface area contributed by atoms with E-state index in [1.807, 2.05) is 0 Å². The first-order valence-corrected chi connectivity index (χ1v) is 12.5. The highest BCUT2D eigenvalue weighted by Crippen LogP contribution is 2.34. The first-order valence-electron chi connectivity index (χ1n) is 11.8. The normalized spacial score (nSPS) is 14.2. The molecule has 2 aromatic heterocycles. The first-order chi connectivity index (χ1) is 17.8. The topological polar surface area (TPSA) is 114 Å². The largest absolute Gasteiger partial charge is 0.481 e. The summed E-state index contributed by atoms with van der Waals surface area (Å²) >= 11 is 12.6. The number of aromatic nitrogens is 4. The van der Waals surface area contributed by atoms with Crippen LogP contribution in [0.5, 0.6) is 0 Å². The maximum absolute atomic E-state index is 13.8. The average Bonchev–Trinajstić information content (AvgIpc) is 3.48. The molecule has 0 radical (unpaired) electrons. The smallest absolute Gasteiger partial charge is 0.307 e. The zero-order chi connectivity index (χ0) is 26.1. The predicted octanol–water partition coefficient (Wildman–Crippen LogP) is 5.18. The van der Waals surface area contributed by atoms with Crippen LogP contribution in [0.3, 0.4) is 0 Å². The number of hydrogen-bond acceptors (Lipinski definition) is 6. The fourth-order valence-electron chi connectivity index (χ4n) is 4.60. The van der Waals surface area contributed by atoms with Gasteiger partial charge in [0.25, 0.3) is 5.91 Å². The lowest BCUT2D eigenvalue weighted by molar-refractivity contribution is -0.136. The second kappa shape index (κ2) is 10.4. The van der Waals surface area contributed by atoms with Crippen molar-refractivity contribution < 1.29 is 19.2 Å². The van der Waals surface area contributed by atoms with Crippen molar-refractivity contribution in [2.24, 2.45) is 0 Å². The summed E-state index contributed by atoms with van der Waals surface area (Å²) in [6.07, 6.45) is 0.912. The number of benzene rings is 2. The summed E-state index contributed by atoms with van der Waals surface area (Å²) in [6, 6.07) is 14.0. The Bertz CT molecular complexity index is 1460. The van der Waals surface area contributed by atoms with Crippen LogP contribution in [-0.4, -0.2) is 54.9 Å². The van der Waals surface area contributed by atoms with Gasteiger partial charge in [-0.3, -0.25) is 9.59 Å². The van der Waals surface area contributed by atoms with E-state index in [0.717, 1.165) is 0 Å². The van der Waals surface area contributed by atoms with E-state index < -0.39 is 5.97 Å². The average molecular weight is 540 g/mol. The molecule has 37 heavy (non-hydrogen) atoms. The fourth-order valence-corrected chi connectivity index (χ4v) is 4.94. The van der Waals surface area contributed by atoms with Gasteiger partial charge in [-0.2, -0.15) is 10.1 Å². The van der Waals surface area contributed by atoms with Crippen LogP contribution in [0, 0.1) is 6.92 Å². The van der Waals surface area contributed by atoms with Gasteiger partial charge in [-0.25, -0.2) is 4.68 Å². The highest BCUT2D eigenvalue weighted by atomic mass is 35.5. The number of carboxylic acids is 1. The number of aryl methyl sites for hydroxylation is 1. The van der Waals surface area contributed by atoms with E-state index in [4.69, 9.17) is 27.7 Å². The van der Waals surface area contributed by atoms with E-state index in [2.05, 4.69) is 15.2 Å². The van der Waals surface area contributed by atoms with Crippen LogP contribution < -0.4 is 0 Å². The molecule has 0 atom stereocenters. The molecule has 1 aliphatic rings. The van der Waals surface area contributed by atoms with Gasteiger partial charge in [-0.05, 0) is 44.0 Å². The number of carbonyl (C=O) groups excluding carboxylic acids is 1.